The van der Waals surface area contributed by atoms with E-state index >= 15 is 0 Å². The Kier molecular flexibility index (Phi) is 3.87. The molecular weight excluding hydrogens is 242 g/mol. The van der Waals surface area contributed by atoms with Crippen molar-refractivity contribution < 1.29 is 9.59 Å². The van der Waals surface area contributed by atoms with Crippen LogP contribution in [0.3, 0.4) is 0 Å². The lowest BCUT2D eigenvalue weighted by molar-refractivity contribution is -0.106. The zero-order valence-corrected chi connectivity index (χ0v) is 10.4. The Morgan fingerprint density at radius 1 is 1.11 bits per heavy atom. The SMILES string of the molecule is CN(C(=O)N(C=O)c1ccccc1)c1ccccn1. The molecule has 2 rings (SSSR count). The molecular formula is C14H13N3O2. The predicted molar refractivity (Wildman–Crippen MR) is 73.0 cm³/mol. The molecule has 0 aliphatic carbocycles. The van der Waals surface area contributed by atoms with E-state index in [0.717, 1.165) is 4.90 Å². The lowest BCUT2D eigenvalue weighted by Crippen LogP contribution is -2.41. The Hall–Kier alpha value is -2.69. The van der Waals surface area contributed by atoms with E-state index in [0.29, 0.717) is 17.9 Å². The van der Waals surface area contributed by atoms with Gasteiger partial charge in [0.2, 0.25) is 6.41 Å². The molecule has 0 N–H and O–H groups in total. The number of pyridine rings is 1. The Labute approximate surface area is 111 Å². The van der Waals surface area contributed by atoms with E-state index < -0.39 is 6.03 Å². The zero-order chi connectivity index (χ0) is 13.7. The van der Waals surface area contributed by atoms with Gasteiger partial charge in [-0.05, 0) is 24.3 Å². The van der Waals surface area contributed by atoms with Gasteiger partial charge in [0.15, 0.2) is 0 Å². The van der Waals surface area contributed by atoms with Gasteiger partial charge in [-0.2, -0.15) is 0 Å². The van der Waals surface area contributed by atoms with E-state index in [1.807, 2.05) is 6.07 Å². The van der Waals surface area contributed by atoms with Crippen molar-refractivity contribution in [2.24, 2.45) is 0 Å². The fraction of sp³-hybridized carbons (Fsp3) is 0.0714. The van der Waals surface area contributed by atoms with Crippen LogP contribution in [0.15, 0.2) is 54.7 Å². The van der Waals surface area contributed by atoms with Crippen LogP contribution in [0.4, 0.5) is 16.3 Å². The molecule has 0 spiro atoms. The number of amides is 3. The number of benzene rings is 1. The molecule has 5 heteroatoms. The Bertz CT molecular complexity index is 557. The van der Waals surface area contributed by atoms with Crippen LogP contribution >= 0.6 is 0 Å². The summed E-state index contributed by atoms with van der Waals surface area (Å²) in [6, 6.07) is 13.5. The monoisotopic (exact) mass is 255 g/mol. The third kappa shape index (κ3) is 2.77. The first kappa shape index (κ1) is 12.8. The minimum atomic E-state index is -0.458. The first-order valence-corrected chi connectivity index (χ1v) is 5.72. The predicted octanol–water partition coefficient (Wildman–Crippen LogP) is 2.30. The second kappa shape index (κ2) is 5.77. The third-order valence-corrected chi connectivity index (χ3v) is 2.63. The molecule has 0 saturated carbocycles. The van der Waals surface area contributed by atoms with Gasteiger partial charge < -0.3 is 0 Å². The topological polar surface area (TPSA) is 53.5 Å². The van der Waals surface area contributed by atoms with Crippen molar-refractivity contribution in [3.05, 3.63) is 54.7 Å². The van der Waals surface area contributed by atoms with E-state index in [2.05, 4.69) is 4.98 Å². The molecule has 2 aromatic rings. The number of urea groups is 1. The number of carbonyl (C=O) groups is 2. The molecule has 0 aliphatic rings. The van der Waals surface area contributed by atoms with Crippen molar-refractivity contribution in [1.82, 2.24) is 4.98 Å². The van der Waals surface area contributed by atoms with Gasteiger partial charge in [0.25, 0.3) is 0 Å². The number of para-hydroxylation sites is 1. The van der Waals surface area contributed by atoms with E-state index in [1.165, 1.54) is 4.90 Å². The second-order valence-corrected chi connectivity index (χ2v) is 3.84. The molecule has 19 heavy (non-hydrogen) atoms. The fourth-order valence-corrected chi connectivity index (χ4v) is 1.62. The summed E-state index contributed by atoms with van der Waals surface area (Å²) in [5.41, 5.74) is 0.519. The maximum Gasteiger partial charge on any atom is 0.336 e. The normalized spacial score (nSPS) is 9.74. The average molecular weight is 255 g/mol. The highest BCUT2D eigenvalue weighted by atomic mass is 16.2. The maximum atomic E-state index is 12.3. The third-order valence-electron chi connectivity index (χ3n) is 2.63. The van der Waals surface area contributed by atoms with Gasteiger partial charge in [0.1, 0.15) is 5.82 Å². The summed E-state index contributed by atoms with van der Waals surface area (Å²) in [6.07, 6.45) is 2.09. The van der Waals surface area contributed by atoms with Gasteiger partial charge >= 0.3 is 6.03 Å². The van der Waals surface area contributed by atoms with E-state index in [4.69, 9.17) is 0 Å². The Balaban J connectivity index is 2.25. The molecule has 0 aliphatic heterocycles. The first-order chi connectivity index (χ1) is 9.24. The maximum absolute atomic E-state index is 12.3. The van der Waals surface area contributed by atoms with Gasteiger partial charge in [-0.1, -0.05) is 24.3 Å². The highest BCUT2D eigenvalue weighted by Gasteiger charge is 2.20. The van der Waals surface area contributed by atoms with Crippen molar-refractivity contribution in [1.29, 1.82) is 0 Å². The molecule has 0 unspecified atom stereocenters. The van der Waals surface area contributed by atoms with Crippen molar-refractivity contribution >= 4 is 23.9 Å². The van der Waals surface area contributed by atoms with Gasteiger partial charge in [0, 0.05) is 13.2 Å². The van der Waals surface area contributed by atoms with Crippen LogP contribution in [0, 0.1) is 0 Å². The summed E-state index contributed by atoms with van der Waals surface area (Å²) in [6.45, 7) is 0. The van der Waals surface area contributed by atoms with E-state index in [9.17, 15) is 9.59 Å². The second-order valence-electron chi connectivity index (χ2n) is 3.84. The molecule has 0 saturated heterocycles. The molecule has 0 radical (unpaired) electrons. The molecule has 0 bridgehead atoms. The highest BCUT2D eigenvalue weighted by molar-refractivity contribution is 6.12. The van der Waals surface area contributed by atoms with Crippen LogP contribution in [0.25, 0.3) is 0 Å². The lowest BCUT2D eigenvalue weighted by Gasteiger charge is -2.22. The Morgan fingerprint density at radius 2 is 1.79 bits per heavy atom. The van der Waals surface area contributed by atoms with Crippen molar-refractivity contribution in [2.75, 3.05) is 16.8 Å². The average Bonchev–Trinajstić information content (AvgIpc) is 2.49. The highest BCUT2D eigenvalue weighted by Crippen LogP contribution is 2.16. The van der Waals surface area contributed by atoms with Crippen molar-refractivity contribution in [3.8, 4) is 0 Å². The Morgan fingerprint density at radius 3 is 2.37 bits per heavy atom. The molecule has 1 aromatic carbocycles. The van der Waals surface area contributed by atoms with Gasteiger partial charge in [0.05, 0.1) is 5.69 Å². The van der Waals surface area contributed by atoms with Crippen LogP contribution in [0.2, 0.25) is 0 Å². The smallest absolute Gasteiger partial charge is 0.281 e. The quantitative estimate of drug-likeness (QED) is 0.791. The largest absolute Gasteiger partial charge is 0.336 e. The van der Waals surface area contributed by atoms with Crippen molar-refractivity contribution in [3.63, 3.8) is 0 Å². The summed E-state index contributed by atoms with van der Waals surface area (Å²) in [5, 5.41) is 0. The summed E-state index contributed by atoms with van der Waals surface area (Å²) < 4.78 is 0. The summed E-state index contributed by atoms with van der Waals surface area (Å²) in [7, 11) is 1.57. The molecule has 5 nitrogen and oxygen atoms in total. The molecule has 1 aromatic heterocycles. The molecule has 0 atom stereocenters. The van der Waals surface area contributed by atoms with Crippen LogP contribution in [-0.2, 0) is 4.79 Å². The minimum Gasteiger partial charge on any atom is -0.281 e. The van der Waals surface area contributed by atoms with Gasteiger partial charge in [-0.25, -0.2) is 14.7 Å². The van der Waals surface area contributed by atoms with Crippen molar-refractivity contribution in [2.45, 2.75) is 0 Å². The van der Waals surface area contributed by atoms with Crippen LogP contribution in [0.1, 0.15) is 0 Å². The summed E-state index contributed by atoms with van der Waals surface area (Å²) >= 11 is 0. The zero-order valence-electron chi connectivity index (χ0n) is 10.4. The fourth-order valence-electron chi connectivity index (χ4n) is 1.62. The van der Waals surface area contributed by atoms with Crippen LogP contribution in [0.5, 0.6) is 0 Å². The molecule has 3 amide bonds. The summed E-state index contributed by atoms with van der Waals surface area (Å²) in [4.78, 5) is 29.8. The number of carbonyl (C=O) groups excluding carboxylic acids is 2. The number of hydrogen-bond donors (Lipinski definition) is 0. The standard InChI is InChI=1S/C14H13N3O2/c1-16(13-9-5-6-10-15-13)14(19)17(11-18)12-7-3-2-4-8-12/h2-11H,1H3. The van der Waals surface area contributed by atoms with Crippen LogP contribution < -0.4 is 9.80 Å². The van der Waals surface area contributed by atoms with Gasteiger partial charge in [-0.3, -0.25) is 9.69 Å². The number of nitrogens with zero attached hydrogens (tertiary/aromatic N) is 3. The van der Waals surface area contributed by atoms with E-state index in [-0.39, 0.29) is 0 Å². The molecule has 1 heterocycles. The number of anilines is 2. The number of rotatable bonds is 3. The minimum absolute atomic E-state index is 0.458. The van der Waals surface area contributed by atoms with E-state index in [1.54, 1.807) is 55.7 Å². The number of hydrogen-bond acceptors (Lipinski definition) is 3. The summed E-state index contributed by atoms with van der Waals surface area (Å²) in [5.74, 6) is 0.482. The van der Waals surface area contributed by atoms with Gasteiger partial charge in [-0.15, -0.1) is 0 Å². The van der Waals surface area contributed by atoms with Crippen LogP contribution in [-0.4, -0.2) is 24.5 Å². The number of imide groups is 1. The lowest BCUT2D eigenvalue weighted by atomic mass is 10.3. The number of aromatic nitrogens is 1. The molecule has 96 valence electrons. The molecule has 0 fully saturated rings. The first-order valence-electron chi connectivity index (χ1n) is 5.72.